The van der Waals surface area contributed by atoms with Gasteiger partial charge in [0.1, 0.15) is 0 Å². The lowest BCUT2D eigenvalue weighted by atomic mass is 9.87. The van der Waals surface area contributed by atoms with E-state index in [9.17, 15) is 8.78 Å². The molecular formula is C13H17F2N. The Kier molecular flexibility index (Phi) is 3.24. The van der Waals surface area contributed by atoms with Crippen LogP contribution in [0.1, 0.15) is 24.0 Å². The molecular weight excluding hydrogens is 208 g/mol. The molecule has 0 saturated carbocycles. The van der Waals surface area contributed by atoms with Crippen molar-refractivity contribution in [3.63, 3.8) is 0 Å². The van der Waals surface area contributed by atoms with Gasteiger partial charge in [-0.1, -0.05) is 29.8 Å². The Bertz CT molecular complexity index is 357. The lowest BCUT2D eigenvalue weighted by molar-refractivity contribution is -0.0753. The summed E-state index contributed by atoms with van der Waals surface area (Å²) in [5.41, 5.74) is 1.06. The molecule has 0 aliphatic carbocycles. The van der Waals surface area contributed by atoms with Gasteiger partial charge in [0, 0.05) is 11.5 Å². The highest BCUT2D eigenvalue weighted by molar-refractivity contribution is 5.26. The van der Waals surface area contributed by atoms with Crippen LogP contribution in [0.4, 0.5) is 8.78 Å². The molecule has 2 rings (SSSR count). The first-order valence-corrected chi connectivity index (χ1v) is 5.76. The minimum Gasteiger partial charge on any atom is -0.317 e. The van der Waals surface area contributed by atoms with E-state index in [0.717, 1.165) is 5.56 Å². The Hall–Kier alpha value is -0.960. The van der Waals surface area contributed by atoms with E-state index in [1.54, 1.807) is 12.1 Å². The van der Waals surface area contributed by atoms with E-state index >= 15 is 0 Å². The van der Waals surface area contributed by atoms with Crippen molar-refractivity contribution in [2.75, 3.05) is 13.1 Å². The first-order valence-electron chi connectivity index (χ1n) is 5.76. The number of nitrogens with one attached hydrogen (secondary N) is 1. The van der Waals surface area contributed by atoms with Crippen LogP contribution in [0, 0.1) is 12.8 Å². The molecule has 1 nitrogen and oxygen atoms in total. The van der Waals surface area contributed by atoms with Crippen LogP contribution in [0.25, 0.3) is 0 Å². The van der Waals surface area contributed by atoms with E-state index in [4.69, 9.17) is 0 Å². The fraction of sp³-hybridized carbons (Fsp3) is 0.538. The summed E-state index contributed by atoms with van der Waals surface area (Å²) in [6, 6.07) is 6.69. The van der Waals surface area contributed by atoms with E-state index < -0.39 is 11.8 Å². The van der Waals surface area contributed by atoms with Crippen molar-refractivity contribution in [3.05, 3.63) is 35.4 Å². The van der Waals surface area contributed by atoms with Crippen molar-refractivity contribution in [3.8, 4) is 0 Å². The zero-order chi connectivity index (χ0) is 11.6. The molecule has 1 fully saturated rings. The first kappa shape index (κ1) is 11.5. The zero-order valence-electron chi connectivity index (χ0n) is 9.47. The molecule has 16 heavy (non-hydrogen) atoms. The Morgan fingerprint density at radius 1 is 1.25 bits per heavy atom. The molecule has 0 unspecified atom stereocenters. The molecule has 1 N–H and O–H groups in total. The maximum absolute atomic E-state index is 14.2. The summed E-state index contributed by atoms with van der Waals surface area (Å²) in [5.74, 6) is -3.20. The minimum atomic E-state index is -2.69. The van der Waals surface area contributed by atoms with Gasteiger partial charge >= 0.3 is 0 Å². The van der Waals surface area contributed by atoms with Crippen molar-refractivity contribution in [1.82, 2.24) is 5.32 Å². The van der Waals surface area contributed by atoms with Gasteiger partial charge in [-0.25, -0.2) is 8.78 Å². The molecule has 88 valence electrons. The number of halogens is 2. The van der Waals surface area contributed by atoms with Gasteiger partial charge in [0.15, 0.2) is 0 Å². The van der Waals surface area contributed by atoms with E-state index in [0.29, 0.717) is 25.9 Å². The fourth-order valence-corrected chi connectivity index (χ4v) is 2.27. The second-order valence-electron chi connectivity index (χ2n) is 4.52. The normalized spacial score (nSPS) is 18.7. The second kappa shape index (κ2) is 4.50. The number of hydrogen-bond acceptors (Lipinski definition) is 1. The summed E-state index contributed by atoms with van der Waals surface area (Å²) >= 11 is 0. The van der Waals surface area contributed by atoms with Crippen LogP contribution >= 0.6 is 0 Å². The predicted molar refractivity (Wildman–Crippen MR) is 60.7 cm³/mol. The Balaban J connectivity index is 2.22. The minimum absolute atomic E-state index is 0.166. The molecule has 0 aromatic heterocycles. The summed E-state index contributed by atoms with van der Waals surface area (Å²) in [6.45, 7) is 3.25. The van der Waals surface area contributed by atoms with Gasteiger partial charge in [0.25, 0.3) is 5.92 Å². The third-order valence-electron chi connectivity index (χ3n) is 3.25. The summed E-state index contributed by atoms with van der Waals surface area (Å²) in [6.07, 6.45) is 1.11. The van der Waals surface area contributed by atoms with Crippen LogP contribution in [-0.4, -0.2) is 13.1 Å². The molecule has 0 radical (unpaired) electrons. The quantitative estimate of drug-likeness (QED) is 0.815. The number of aryl methyl sites for hydroxylation is 1. The third kappa shape index (κ3) is 2.24. The molecule has 1 saturated heterocycles. The number of alkyl halides is 2. The monoisotopic (exact) mass is 225 g/mol. The van der Waals surface area contributed by atoms with Crippen molar-refractivity contribution in [2.24, 2.45) is 5.92 Å². The smallest absolute Gasteiger partial charge is 0.276 e. The molecule has 1 aliphatic heterocycles. The van der Waals surface area contributed by atoms with Gasteiger partial charge in [-0.2, -0.15) is 0 Å². The number of benzene rings is 1. The lowest BCUT2D eigenvalue weighted by Crippen LogP contribution is -2.36. The topological polar surface area (TPSA) is 12.0 Å². The SMILES string of the molecule is Cc1cccc(C(F)(F)C2CCNCC2)c1. The van der Waals surface area contributed by atoms with Crippen LogP contribution in [0.3, 0.4) is 0 Å². The van der Waals surface area contributed by atoms with Crippen molar-refractivity contribution in [2.45, 2.75) is 25.7 Å². The van der Waals surface area contributed by atoms with Crippen molar-refractivity contribution in [1.29, 1.82) is 0 Å². The number of rotatable bonds is 2. The highest BCUT2D eigenvalue weighted by atomic mass is 19.3. The summed E-state index contributed by atoms with van der Waals surface area (Å²) in [5, 5.41) is 3.12. The van der Waals surface area contributed by atoms with Crippen LogP contribution in [0.2, 0.25) is 0 Å². The predicted octanol–water partition coefficient (Wildman–Crippen LogP) is 3.09. The fourth-order valence-electron chi connectivity index (χ4n) is 2.27. The largest absolute Gasteiger partial charge is 0.317 e. The van der Waals surface area contributed by atoms with Crippen LogP contribution in [0.5, 0.6) is 0 Å². The van der Waals surface area contributed by atoms with Crippen molar-refractivity contribution >= 4 is 0 Å². The Morgan fingerprint density at radius 2 is 1.94 bits per heavy atom. The van der Waals surface area contributed by atoms with E-state index in [-0.39, 0.29) is 5.56 Å². The lowest BCUT2D eigenvalue weighted by Gasteiger charge is -2.30. The molecule has 0 spiro atoms. The first-order chi connectivity index (χ1) is 7.60. The average molecular weight is 225 g/mol. The highest BCUT2D eigenvalue weighted by Crippen LogP contribution is 2.40. The van der Waals surface area contributed by atoms with Gasteiger partial charge < -0.3 is 5.32 Å². The number of piperidine rings is 1. The maximum atomic E-state index is 14.2. The van der Waals surface area contributed by atoms with Gasteiger partial charge in [-0.3, -0.25) is 0 Å². The maximum Gasteiger partial charge on any atom is 0.276 e. The molecule has 3 heteroatoms. The number of hydrogen-bond donors (Lipinski definition) is 1. The average Bonchev–Trinajstić information content (AvgIpc) is 2.30. The van der Waals surface area contributed by atoms with E-state index in [2.05, 4.69) is 5.32 Å². The zero-order valence-corrected chi connectivity index (χ0v) is 9.47. The molecule has 0 amide bonds. The van der Waals surface area contributed by atoms with Crippen LogP contribution in [0.15, 0.2) is 24.3 Å². The summed E-state index contributed by atoms with van der Waals surface area (Å²) in [7, 11) is 0. The summed E-state index contributed by atoms with van der Waals surface area (Å²) < 4.78 is 28.4. The van der Waals surface area contributed by atoms with Crippen LogP contribution in [-0.2, 0) is 5.92 Å². The summed E-state index contributed by atoms with van der Waals surface area (Å²) in [4.78, 5) is 0. The second-order valence-corrected chi connectivity index (χ2v) is 4.52. The third-order valence-corrected chi connectivity index (χ3v) is 3.25. The molecule has 0 atom stereocenters. The van der Waals surface area contributed by atoms with E-state index in [1.165, 1.54) is 6.07 Å². The van der Waals surface area contributed by atoms with Gasteiger partial charge in [0.2, 0.25) is 0 Å². The molecule has 1 aliphatic rings. The Morgan fingerprint density at radius 3 is 2.56 bits per heavy atom. The van der Waals surface area contributed by atoms with Crippen molar-refractivity contribution < 1.29 is 8.78 Å². The van der Waals surface area contributed by atoms with Gasteiger partial charge in [-0.05, 0) is 32.9 Å². The molecule has 0 bridgehead atoms. The van der Waals surface area contributed by atoms with Gasteiger partial charge in [0.05, 0.1) is 0 Å². The van der Waals surface area contributed by atoms with Gasteiger partial charge in [-0.15, -0.1) is 0 Å². The molecule has 1 heterocycles. The van der Waals surface area contributed by atoms with E-state index in [1.807, 2.05) is 13.0 Å². The standard InChI is InChI=1S/C13H17F2N/c1-10-3-2-4-12(9-10)13(14,15)11-5-7-16-8-6-11/h2-4,9,11,16H,5-8H2,1H3. The molecule has 1 aromatic rings. The molecule has 1 aromatic carbocycles. The highest BCUT2D eigenvalue weighted by Gasteiger charge is 2.41. The Labute approximate surface area is 94.9 Å². The van der Waals surface area contributed by atoms with Crippen LogP contribution < -0.4 is 5.32 Å².